The minimum atomic E-state index is 0.147. The Hall–Kier alpha value is -0.530. The molecule has 1 heterocycles. The normalized spacial score (nSPS) is 22.1. The van der Waals surface area contributed by atoms with Gasteiger partial charge in [0.15, 0.2) is 0 Å². The average Bonchev–Trinajstić information content (AvgIpc) is 2.01. The average molecular weight is 183 g/mol. The number of likely N-dealkylation sites (tertiary alicyclic amines) is 1. The molecule has 1 fully saturated rings. The second-order valence-corrected chi connectivity index (χ2v) is 5.18. The fraction of sp³-hybridized carbons (Fsp3) is 0.909. The van der Waals surface area contributed by atoms with Crippen LogP contribution in [0.4, 0.5) is 0 Å². The van der Waals surface area contributed by atoms with E-state index in [1.165, 1.54) is 6.42 Å². The molecule has 0 unspecified atom stereocenters. The molecule has 0 radical (unpaired) electrons. The van der Waals surface area contributed by atoms with Crippen LogP contribution in [-0.4, -0.2) is 23.9 Å². The molecule has 0 bridgehead atoms. The van der Waals surface area contributed by atoms with Gasteiger partial charge in [0.2, 0.25) is 5.91 Å². The molecule has 1 saturated heterocycles. The van der Waals surface area contributed by atoms with Crippen molar-refractivity contribution in [2.24, 2.45) is 11.3 Å². The summed E-state index contributed by atoms with van der Waals surface area (Å²) < 4.78 is 0. The van der Waals surface area contributed by atoms with Gasteiger partial charge in [0.25, 0.3) is 0 Å². The van der Waals surface area contributed by atoms with Gasteiger partial charge in [-0.2, -0.15) is 0 Å². The first-order chi connectivity index (χ1) is 5.92. The summed E-state index contributed by atoms with van der Waals surface area (Å²) >= 11 is 0. The number of carbonyl (C=O) groups is 1. The molecule has 1 aliphatic heterocycles. The van der Waals surface area contributed by atoms with Gasteiger partial charge in [0.1, 0.15) is 0 Å². The highest BCUT2D eigenvalue weighted by atomic mass is 16.2. The number of hydrogen-bond donors (Lipinski definition) is 0. The minimum absolute atomic E-state index is 0.147. The maximum Gasteiger partial charge on any atom is 0.225 e. The molecule has 0 spiro atoms. The Morgan fingerprint density at radius 2 is 2.00 bits per heavy atom. The van der Waals surface area contributed by atoms with Crippen molar-refractivity contribution in [2.75, 3.05) is 13.1 Å². The Morgan fingerprint density at radius 1 is 1.38 bits per heavy atom. The molecule has 13 heavy (non-hydrogen) atoms. The van der Waals surface area contributed by atoms with E-state index in [-0.39, 0.29) is 5.92 Å². The second kappa shape index (κ2) is 3.69. The van der Waals surface area contributed by atoms with Crippen molar-refractivity contribution in [1.29, 1.82) is 0 Å². The van der Waals surface area contributed by atoms with Crippen molar-refractivity contribution in [3.05, 3.63) is 0 Å². The molecule has 0 aromatic rings. The zero-order chi connectivity index (χ0) is 10.1. The largest absolute Gasteiger partial charge is 0.342 e. The summed E-state index contributed by atoms with van der Waals surface area (Å²) in [5, 5.41) is 0. The molecule has 1 amide bonds. The zero-order valence-electron chi connectivity index (χ0n) is 9.26. The van der Waals surface area contributed by atoms with E-state index in [1.807, 2.05) is 18.7 Å². The van der Waals surface area contributed by atoms with Crippen LogP contribution in [-0.2, 0) is 4.79 Å². The third kappa shape index (κ3) is 2.71. The van der Waals surface area contributed by atoms with E-state index >= 15 is 0 Å². The first-order valence-electron chi connectivity index (χ1n) is 5.21. The Kier molecular flexibility index (Phi) is 2.99. The summed E-state index contributed by atoms with van der Waals surface area (Å²) in [5.41, 5.74) is 0.322. The fourth-order valence-electron chi connectivity index (χ4n) is 1.98. The quantitative estimate of drug-likeness (QED) is 0.611. The van der Waals surface area contributed by atoms with Gasteiger partial charge in [-0.15, -0.1) is 0 Å². The molecule has 0 atom stereocenters. The van der Waals surface area contributed by atoms with Crippen LogP contribution in [0.5, 0.6) is 0 Å². The van der Waals surface area contributed by atoms with Crippen molar-refractivity contribution in [2.45, 2.75) is 40.5 Å². The van der Waals surface area contributed by atoms with Crippen molar-refractivity contribution < 1.29 is 4.79 Å². The maximum absolute atomic E-state index is 11.7. The summed E-state index contributed by atoms with van der Waals surface area (Å²) in [5.74, 6) is 0.460. The van der Waals surface area contributed by atoms with Gasteiger partial charge >= 0.3 is 0 Å². The second-order valence-electron chi connectivity index (χ2n) is 5.18. The SMILES string of the molecule is CC(C)C(=O)N1CCCC(C)(C)C1. The zero-order valence-corrected chi connectivity index (χ0v) is 9.26. The number of amides is 1. The van der Waals surface area contributed by atoms with Crippen LogP contribution in [0.1, 0.15) is 40.5 Å². The van der Waals surface area contributed by atoms with Gasteiger partial charge in [0.05, 0.1) is 0 Å². The van der Waals surface area contributed by atoms with E-state index in [9.17, 15) is 4.79 Å². The number of nitrogens with zero attached hydrogens (tertiary/aromatic N) is 1. The van der Waals surface area contributed by atoms with Gasteiger partial charge in [-0.25, -0.2) is 0 Å². The summed E-state index contributed by atoms with van der Waals surface area (Å²) in [6.07, 6.45) is 2.40. The first kappa shape index (κ1) is 10.6. The van der Waals surface area contributed by atoms with Gasteiger partial charge in [-0.3, -0.25) is 4.79 Å². The Bertz CT molecular complexity index is 196. The Labute approximate surface area is 81.3 Å². The number of piperidine rings is 1. The molecule has 76 valence electrons. The molecule has 2 nitrogen and oxygen atoms in total. The molecule has 0 aliphatic carbocycles. The van der Waals surface area contributed by atoms with Crippen molar-refractivity contribution in [3.63, 3.8) is 0 Å². The van der Waals surface area contributed by atoms with E-state index in [1.54, 1.807) is 0 Å². The fourth-order valence-corrected chi connectivity index (χ4v) is 1.98. The lowest BCUT2D eigenvalue weighted by molar-refractivity contribution is -0.137. The highest BCUT2D eigenvalue weighted by molar-refractivity contribution is 5.78. The van der Waals surface area contributed by atoms with Crippen LogP contribution in [0.3, 0.4) is 0 Å². The van der Waals surface area contributed by atoms with E-state index in [0.717, 1.165) is 19.5 Å². The van der Waals surface area contributed by atoms with Crippen molar-refractivity contribution in [3.8, 4) is 0 Å². The topological polar surface area (TPSA) is 20.3 Å². The Morgan fingerprint density at radius 3 is 2.46 bits per heavy atom. The molecule has 0 N–H and O–H groups in total. The molecular formula is C11H21NO. The lowest BCUT2D eigenvalue weighted by Gasteiger charge is -2.38. The van der Waals surface area contributed by atoms with Crippen molar-refractivity contribution >= 4 is 5.91 Å². The molecule has 0 aromatic heterocycles. The molecule has 0 saturated carbocycles. The third-order valence-corrected chi connectivity index (χ3v) is 2.71. The van der Waals surface area contributed by atoms with Gasteiger partial charge in [-0.1, -0.05) is 27.7 Å². The van der Waals surface area contributed by atoms with E-state index < -0.39 is 0 Å². The third-order valence-electron chi connectivity index (χ3n) is 2.71. The van der Waals surface area contributed by atoms with Crippen molar-refractivity contribution in [1.82, 2.24) is 4.90 Å². The van der Waals surface area contributed by atoms with Crippen LogP contribution in [0.2, 0.25) is 0 Å². The molecule has 2 heteroatoms. The van der Waals surface area contributed by atoms with E-state index in [4.69, 9.17) is 0 Å². The van der Waals surface area contributed by atoms with E-state index in [2.05, 4.69) is 13.8 Å². The monoisotopic (exact) mass is 183 g/mol. The Balaban J connectivity index is 2.57. The molecular weight excluding hydrogens is 162 g/mol. The van der Waals surface area contributed by atoms with Crippen LogP contribution in [0.15, 0.2) is 0 Å². The lowest BCUT2D eigenvalue weighted by Crippen LogP contribution is -2.45. The standard InChI is InChI=1S/C11H21NO/c1-9(2)10(13)12-7-5-6-11(3,4)8-12/h9H,5-8H2,1-4H3. The first-order valence-corrected chi connectivity index (χ1v) is 5.21. The van der Waals surface area contributed by atoms with Crippen LogP contribution in [0, 0.1) is 11.3 Å². The number of rotatable bonds is 1. The predicted molar refractivity (Wildman–Crippen MR) is 54.4 cm³/mol. The summed E-state index contributed by atoms with van der Waals surface area (Å²) in [6, 6.07) is 0. The maximum atomic E-state index is 11.7. The number of hydrogen-bond acceptors (Lipinski definition) is 1. The summed E-state index contributed by atoms with van der Waals surface area (Å²) in [4.78, 5) is 13.7. The molecule has 0 aromatic carbocycles. The van der Waals surface area contributed by atoms with Gasteiger partial charge in [0, 0.05) is 19.0 Å². The lowest BCUT2D eigenvalue weighted by atomic mass is 9.84. The smallest absolute Gasteiger partial charge is 0.225 e. The highest BCUT2D eigenvalue weighted by Gasteiger charge is 2.29. The summed E-state index contributed by atoms with van der Waals surface area (Å²) in [6.45, 7) is 10.3. The highest BCUT2D eigenvalue weighted by Crippen LogP contribution is 2.28. The molecule has 1 rings (SSSR count). The summed E-state index contributed by atoms with van der Waals surface area (Å²) in [7, 11) is 0. The predicted octanol–water partition coefficient (Wildman–Crippen LogP) is 2.29. The van der Waals surface area contributed by atoms with Gasteiger partial charge in [-0.05, 0) is 18.3 Å². The van der Waals surface area contributed by atoms with Gasteiger partial charge < -0.3 is 4.90 Å². The van der Waals surface area contributed by atoms with E-state index in [0.29, 0.717) is 11.3 Å². The molecule has 1 aliphatic rings. The van der Waals surface area contributed by atoms with Crippen LogP contribution in [0.25, 0.3) is 0 Å². The van der Waals surface area contributed by atoms with Crippen LogP contribution < -0.4 is 0 Å². The van der Waals surface area contributed by atoms with Crippen LogP contribution >= 0.6 is 0 Å². The minimum Gasteiger partial charge on any atom is -0.342 e. The number of carbonyl (C=O) groups excluding carboxylic acids is 1.